The van der Waals surface area contributed by atoms with Gasteiger partial charge in [0, 0.05) is 4.88 Å². The minimum atomic E-state index is -0.591. The fourth-order valence-corrected chi connectivity index (χ4v) is 3.25. The highest BCUT2D eigenvalue weighted by Crippen LogP contribution is 2.21. The Morgan fingerprint density at radius 3 is 2.11 bits per heavy atom. The lowest BCUT2D eigenvalue weighted by Crippen LogP contribution is -2.37. The molecule has 6 heteroatoms. The van der Waals surface area contributed by atoms with E-state index < -0.39 is 11.8 Å². The Morgan fingerprint density at radius 1 is 1.04 bits per heavy atom. The van der Waals surface area contributed by atoms with Gasteiger partial charge in [0.2, 0.25) is 5.91 Å². The molecule has 0 spiro atoms. The largest absolute Gasteiger partial charge is 0.507 e. The number of phenols is 1. The molecule has 0 bridgehead atoms. The standard InChI is InChI=1S/C15H16N2O3S.C6H6/c1-10-6-11(21-9-10)7-17(8-14(16)19)15(20)12-4-2-3-5-13(12)18;1-2-4-6-5-3-1/h2-6,9,18H,7-8H2,1H3,(H2,16,19);1-6H. The lowest BCUT2D eigenvalue weighted by atomic mass is 10.1. The third-order valence-electron chi connectivity index (χ3n) is 3.57. The number of aryl methyl sites for hydroxylation is 1. The molecule has 0 aliphatic rings. The molecular weight excluding hydrogens is 360 g/mol. The maximum absolute atomic E-state index is 12.5. The van der Waals surface area contributed by atoms with Crippen LogP contribution < -0.4 is 5.73 Å². The van der Waals surface area contributed by atoms with Gasteiger partial charge in [0.1, 0.15) is 12.3 Å². The highest BCUT2D eigenvalue weighted by Gasteiger charge is 2.21. The van der Waals surface area contributed by atoms with Gasteiger partial charge in [0.05, 0.1) is 12.1 Å². The number of primary amides is 1. The molecule has 0 saturated carbocycles. The fourth-order valence-electron chi connectivity index (χ4n) is 2.36. The summed E-state index contributed by atoms with van der Waals surface area (Å²) in [6.45, 7) is 2.06. The number of carbonyl (C=O) groups excluding carboxylic acids is 2. The van der Waals surface area contributed by atoms with Gasteiger partial charge < -0.3 is 15.7 Å². The van der Waals surface area contributed by atoms with Crippen LogP contribution in [0.3, 0.4) is 0 Å². The molecule has 1 heterocycles. The minimum absolute atomic E-state index is 0.112. The molecule has 27 heavy (non-hydrogen) atoms. The summed E-state index contributed by atoms with van der Waals surface area (Å²) in [5.74, 6) is -1.12. The van der Waals surface area contributed by atoms with Crippen LogP contribution in [0.5, 0.6) is 5.75 Å². The molecule has 2 amide bonds. The van der Waals surface area contributed by atoms with E-state index >= 15 is 0 Å². The highest BCUT2D eigenvalue weighted by atomic mass is 32.1. The van der Waals surface area contributed by atoms with Crippen molar-refractivity contribution in [3.63, 3.8) is 0 Å². The summed E-state index contributed by atoms with van der Waals surface area (Å²) in [5, 5.41) is 11.7. The zero-order chi connectivity index (χ0) is 19.6. The Balaban J connectivity index is 0.000000369. The topological polar surface area (TPSA) is 83.6 Å². The number of nitrogens with two attached hydrogens (primary N) is 1. The number of rotatable bonds is 5. The summed E-state index contributed by atoms with van der Waals surface area (Å²) in [5.41, 5.74) is 6.47. The van der Waals surface area contributed by atoms with Gasteiger partial charge in [-0.05, 0) is 36.1 Å². The van der Waals surface area contributed by atoms with Crippen LogP contribution in [0.1, 0.15) is 20.8 Å². The second kappa shape index (κ2) is 10.1. The van der Waals surface area contributed by atoms with Gasteiger partial charge in [0.15, 0.2) is 0 Å². The Bertz CT molecular complexity index is 851. The molecule has 0 atom stereocenters. The van der Waals surface area contributed by atoms with Crippen molar-refractivity contribution in [2.24, 2.45) is 5.73 Å². The van der Waals surface area contributed by atoms with Gasteiger partial charge in [0.25, 0.3) is 5.91 Å². The number of aromatic hydroxyl groups is 1. The predicted molar refractivity (Wildman–Crippen MR) is 108 cm³/mol. The molecule has 0 radical (unpaired) electrons. The number of carbonyl (C=O) groups is 2. The van der Waals surface area contributed by atoms with Crippen LogP contribution in [0.15, 0.2) is 72.1 Å². The van der Waals surface area contributed by atoms with Gasteiger partial charge in [-0.1, -0.05) is 48.5 Å². The van der Waals surface area contributed by atoms with Crippen molar-refractivity contribution >= 4 is 23.2 Å². The maximum atomic E-state index is 12.5. The molecule has 0 saturated heterocycles. The van der Waals surface area contributed by atoms with Crippen molar-refractivity contribution in [2.45, 2.75) is 13.5 Å². The van der Waals surface area contributed by atoms with Gasteiger partial charge >= 0.3 is 0 Å². The van der Waals surface area contributed by atoms with Gasteiger partial charge in [-0.25, -0.2) is 0 Å². The van der Waals surface area contributed by atoms with Gasteiger partial charge in [-0.2, -0.15) is 0 Å². The average Bonchev–Trinajstić information content (AvgIpc) is 3.07. The zero-order valence-corrected chi connectivity index (χ0v) is 15.9. The highest BCUT2D eigenvalue weighted by molar-refractivity contribution is 7.10. The molecule has 1 aromatic heterocycles. The first kappa shape index (κ1) is 20.2. The van der Waals surface area contributed by atoms with Crippen molar-refractivity contribution in [1.82, 2.24) is 4.90 Å². The second-order valence-electron chi connectivity index (χ2n) is 5.89. The molecule has 3 N–H and O–H groups in total. The number of nitrogens with zero attached hydrogens (tertiary/aromatic N) is 1. The number of para-hydroxylation sites is 1. The summed E-state index contributed by atoms with van der Waals surface area (Å²) < 4.78 is 0. The van der Waals surface area contributed by atoms with Gasteiger partial charge in [-0.3, -0.25) is 9.59 Å². The Kier molecular flexibility index (Phi) is 7.58. The molecule has 0 aliphatic carbocycles. The molecule has 5 nitrogen and oxygen atoms in total. The van der Waals surface area contributed by atoms with Crippen molar-refractivity contribution in [3.8, 4) is 5.75 Å². The van der Waals surface area contributed by atoms with E-state index in [0.717, 1.165) is 10.4 Å². The van der Waals surface area contributed by atoms with Gasteiger partial charge in [-0.15, -0.1) is 11.3 Å². The lowest BCUT2D eigenvalue weighted by molar-refractivity contribution is -0.118. The number of hydrogen-bond acceptors (Lipinski definition) is 4. The van der Waals surface area contributed by atoms with Crippen molar-refractivity contribution in [1.29, 1.82) is 0 Å². The maximum Gasteiger partial charge on any atom is 0.258 e. The minimum Gasteiger partial charge on any atom is -0.507 e. The first-order valence-corrected chi connectivity index (χ1v) is 9.25. The van der Waals surface area contributed by atoms with Crippen LogP contribution in [0.2, 0.25) is 0 Å². The molecule has 0 fully saturated rings. The second-order valence-corrected chi connectivity index (χ2v) is 6.89. The lowest BCUT2D eigenvalue weighted by Gasteiger charge is -2.21. The van der Waals surface area contributed by atoms with E-state index in [4.69, 9.17) is 5.73 Å². The molecule has 140 valence electrons. The van der Waals surface area contributed by atoms with Crippen molar-refractivity contribution in [2.75, 3.05) is 6.54 Å². The zero-order valence-electron chi connectivity index (χ0n) is 15.0. The third kappa shape index (κ3) is 6.60. The summed E-state index contributed by atoms with van der Waals surface area (Å²) in [7, 11) is 0. The summed E-state index contributed by atoms with van der Waals surface area (Å²) in [6, 6.07) is 20.2. The SMILES string of the molecule is Cc1csc(CN(CC(N)=O)C(=O)c2ccccc2O)c1.c1ccccc1. The molecule has 3 aromatic rings. The average molecular weight is 382 g/mol. The van der Waals surface area contributed by atoms with E-state index in [-0.39, 0.29) is 24.4 Å². The van der Waals surface area contributed by atoms with E-state index in [0.29, 0.717) is 0 Å². The number of amides is 2. The number of phenolic OH excluding ortho intramolecular Hbond substituents is 1. The Morgan fingerprint density at radius 2 is 1.63 bits per heavy atom. The number of benzene rings is 2. The summed E-state index contributed by atoms with van der Waals surface area (Å²) in [4.78, 5) is 26.0. The van der Waals surface area contributed by atoms with E-state index in [9.17, 15) is 14.7 Å². The Labute approximate surface area is 162 Å². The van der Waals surface area contributed by atoms with E-state index in [1.54, 1.807) is 12.1 Å². The molecular formula is C21H22N2O3S. The van der Waals surface area contributed by atoms with Crippen LogP contribution >= 0.6 is 11.3 Å². The number of thiophene rings is 1. The molecule has 0 aliphatic heterocycles. The van der Waals surface area contributed by atoms with E-state index in [2.05, 4.69) is 0 Å². The van der Waals surface area contributed by atoms with Crippen LogP contribution in [0, 0.1) is 6.92 Å². The van der Waals surface area contributed by atoms with Crippen LogP contribution in [0.25, 0.3) is 0 Å². The summed E-state index contributed by atoms with van der Waals surface area (Å²) >= 11 is 1.51. The van der Waals surface area contributed by atoms with E-state index in [1.807, 2.05) is 54.8 Å². The first-order valence-electron chi connectivity index (χ1n) is 8.37. The number of hydrogen-bond donors (Lipinski definition) is 2. The smallest absolute Gasteiger partial charge is 0.258 e. The quantitative estimate of drug-likeness (QED) is 0.707. The van der Waals surface area contributed by atoms with Crippen molar-refractivity contribution in [3.05, 3.63) is 88.1 Å². The molecule has 2 aromatic carbocycles. The Hall–Kier alpha value is -3.12. The summed E-state index contributed by atoms with van der Waals surface area (Å²) in [6.07, 6.45) is 0. The monoisotopic (exact) mass is 382 g/mol. The molecule has 3 rings (SSSR count). The van der Waals surface area contributed by atoms with Crippen LogP contribution in [-0.4, -0.2) is 28.4 Å². The first-order chi connectivity index (χ1) is 13.0. The van der Waals surface area contributed by atoms with E-state index in [1.165, 1.54) is 28.4 Å². The van der Waals surface area contributed by atoms with Crippen molar-refractivity contribution < 1.29 is 14.7 Å². The predicted octanol–water partition coefficient (Wildman–Crippen LogP) is 3.58. The third-order valence-corrected chi connectivity index (χ3v) is 4.61. The van der Waals surface area contributed by atoms with Crippen LogP contribution in [-0.2, 0) is 11.3 Å². The van der Waals surface area contributed by atoms with Crippen LogP contribution in [0.4, 0.5) is 0 Å². The molecule has 0 unspecified atom stereocenters. The normalized spacial score (nSPS) is 9.81. The fraction of sp³-hybridized carbons (Fsp3) is 0.143.